The summed E-state index contributed by atoms with van der Waals surface area (Å²) in [5.74, 6) is 0.662. The van der Waals surface area contributed by atoms with Crippen molar-refractivity contribution in [2.75, 3.05) is 6.26 Å². The van der Waals surface area contributed by atoms with E-state index in [9.17, 15) is 8.42 Å². The predicted octanol–water partition coefficient (Wildman–Crippen LogP) is 2.83. The van der Waals surface area contributed by atoms with Gasteiger partial charge in [0, 0.05) is 6.26 Å². The van der Waals surface area contributed by atoms with Gasteiger partial charge in [0.2, 0.25) is 0 Å². The SMILES string of the molecule is CS(=O)(=O)C1CCC(Cc2ccccc2)CC1. The van der Waals surface area contributed by atoms with Crippen molar-refractivity contribution in [1.29, 1.82) is 0 Å². The van der Waals surface area contributed by atoms with Gasteiger partial charge in [0.15, 0.2) is 0 Å². The van der Waals surface area contributed by atoms with Crippen LogP contribution in [-0.2, 0) is 16.3 Å². The molecule has 0 N–H and O–H groups in total. The molecule has 2 nitrogen and oxygen atoms in total. The van der Waals surface area contributed by atoms with E-state index in [1.807, 2.05) is 6.07 Å². The van der Waals surface area contributed by atoms with Crippen LogP contribution in [0.2, 0.25) is 0 Å². The molecule has 1 aliphatic carbocycles. The topological polar surface area (TPSA) is 34.1 Å². The number of hydrogen-bond donors (Lipinski definition) is 0. The molecule has 1 aliphatic rings. The molecule has 17 heavy (non-hydrogen) atoms. The van der Waals surface area contributed by atoms with Crippen LogP contribution in [0, 0.1) is 5.92 Å². The Morgan fingerprint density at radius 3 is 2.18 bits per heavy atom. The molecule has 0 amide bonds. The van der Waals surface area contributed by atoms with Gasteiger partial charge in [0.25, 0.3) is 0 Å². The minimum absolute atomic E-state index is 0.0884. The molecule has 1 aromatic carbocycles. The first-order valence-electron chi connectivity index (χ1n) is 6.28. The first-order chi connectivity index (χ1) is 8.05. The number of benzene rings is 1. The molecule has 1 fully saturated rings. The van der Waals surface area contributed by atoms with Gasteiger partial charge < -0.3 is 0 Å². The van der Waals surface area contributed by atoms with Crippen molar-refractivity contribution in [3.05, 3.63) is 35.9 Å². The van der Waals surface area contributed by atoms with Crippen molar-refractivity contribution in [3.8, 4) is 0 Å². The van der Waals surface area contributed by atoms with E-state index in [0.717, 1.165) is 32.1 Å². The van der Waals surface area contributed by atoms with Crippen LogP contribution in [0.15, 0.2) is 30.3 Å². The molecule has 0 radical (unpaired) electrons. The van der Waals surface area contributed by atoms with E-state index >= 15 is 0 Å². The Bertz CT molecular complexity index is 442. The Morgan fingerprint density at radius 1 is 1.06 bits per heavy atom. The summed E-state index contributed by atoms with van der Waals surface area (Å²) in [6.45, 7) is 0. The smallest absolute Gasteiger partial charge is 0.150 e. The van der Waals surface area contributed by atoms with Gasteiger partial charge >= 0.3 is 0 Å². The summed E-state index contributed by atoms with van der Waals surface area (Å²) in [6.07, 6.45) is 6.25. The molecule has 0 aromatic heterocycles. The molecule has 1 saturated carbocycles. The molecular formula is C14H20O2S. The average Bonchev–Trinajstić information content (AvgIpc) is 2.30. The molecule has 1 aromatic rings. The van der Waals surface area contributed by atoms with Crippen molar-refractivity contribution < 1.29 is 8.42 Å². The Labute approximate surface area is 104 Å². The van der Waals surface area contributed by atoms with Crippen molar-refractivity contribution in [3.63, 3.8) is 0 Å². The fourth-order valence-electron chi connectivity index (χ4n) is 2.71. The number of hydrogen-bond acceptors (Lipinski definition) is 2. The summed E-state index contributed by atoms with van der Waals surface area (Å²) in [5.41, 5.74) is 1.37. The van der Waals surface area contributed by atoms with Crippen molar-refractivity contribution >= 4 is 9.84 Å². The largest absolute Gasteiger partial charge is 0.229 e. The molecule has 0 saturated heterocycles. The average molecular weight is 252 g/mol. The Hall–Kier alpha value is -0.830. The van der Waals surface area contributed by atoms with Crippen LogP contribution in [-0.4, -0.2) is 19.9 Å². The zero-order valence-corrected chi connectivity index (χ0v) is 11.1. The second-order valence-corrected chi connectivity index (χ2v) is 7.49. The Kier molecular flexibility index (Phi) is 3.87. The highest BCUT2D eigenvalue weighted by Crippen LogP contribution is 2.30. The van der Waals surface area contributed by atoms with Gasteiger partial charge in [-0.1, -0.05) is 30.3 Å². The molecule has 0 aliphatic heterocycles. The molecule has 2 rings (SSSR count). The van der Waals surface area contributed by atoms with Crippen molar-refractivity contribution in [2.45, 2.75) is 37.4 Å². The third-order valence-electron chi connectivity index (χ3n) is 3.77. The van der Waals surface area contributed by atoms with Crippen LogP contribution in [0.25, 0.3) is 0 Å². The molecule has 0 spiro atoms. The van der Waals surface area contributed by atoms with E-state index in [4.69, 9.17) is 0 Å². The molecule has 3 heteroatoms. The van der Waals surface area contributed by atoms with Crippen molar-refractivity contribution in [1.82, 2.24) is 0 Å². The molecule has 0 heterocycles. The van der Waals surface area contributed by atoms with Gasteiger partial charge in [-0.2, -0.15) is 0 Å². The highest BCUT2D eigenvalue weighted by molar-refractivity contribution is 7.91. The lowest BCUT2D eigenvalue weighted by molar-refractivity contribution is 0.356. The molecule has 94 valence electrons. The first kappa shape index (κ1) is 12.6. The Balaban J connectivity index is 1.88. The molecular weight excluding hydrogens is 232 g/mol. The summed E-state index contributed by atoms with van der Waals surface area (Å²) in [4.78, 5) is 0. The molecule has 0 unspecified atom stereocenters. The lowest BCUT2D eigenvalue weighted by Crippen LogP contribution is -2.26. The summed E-state index contributed by atoms with van der Waals surface area (Å²) in [5, 5.41) is -0.0884. The maximum atomic E-state index is 11.5. The Morgan fingerprint density at radius 2 is 1.65 bits per heavy atom. The minimum atomic E-state index is -2.82. The highest BCUT2D eigenvalue weighted by atomic mass is 32.2. The monoisotopic (exact) mass is 252 g/mol. The normalized spacial score (nSPS) is 25.7. The van der Waals surface area contributed by atoms with Gasteiger partial charge in [-0.05, 0) is 43.6 Å². The quantitative estimate of drug-likeness (QED) is 0.829. The third-order valence-corrected chi connectivity index (χ3v) is 5.45. The zero-order chi connectivity index (χ0) is 12.3. The second kappa shape index (κ2) is 5.21. The van der Waals surface area contributed by atoms with Gasteiger partial charge in [-0.3, -0.25) is 0 Å². The fourth-order valence-corrected chi connectivity index (χ4v) is 3.84. The highest BCUT2D eigenvalue weighted by Gasteiger charge is 2.27. The second-order valence-electron chi connectivity index (χ2n) is 5.16. The third kappa shape index (κ3) is 3.56. The van der Waals surface area contributed by atoms with E-state index < -0.39 is 9.84 Å². The van der Waals surface area contributed by atoms with Crippen LogP contribution in [0.1, 0.15) is 31.2 Å². The van der Waals surface area contributed by atoms with Crippen LogP contribution in [0.3, 0.4) is 0 Å². The standard InChI is InChI=1S/C14H20O2S/c1-17(15,16)14-9-7-13(8-10-14)11-12-5-3-2-4-6-12/h2-6,13-14H,7-11H2,1H3. The number of rotatable bonds is 3. The maximum Gasteiger partial charge on any atom is 0.150 e. The summed E-state index contributed by atoms with van der Waals surface area (Å²) in [7, 11) is -2.82. The minimum Gasteiger partial charge on any atom is -0.229 e. The van der Waals surface area contributed by atoms with E-state index in [1.165, 1.54) is 11.8 Å². The van der Waals surface area contributed by atoms with E-state index in [2.05, 4.69) is 24.3 Å². The lowest BCUT2D eigenvalue weighted by atomic mass is 9.84. The fraction of sp³-hybridized carbons (Fsp3) is 0.571. The number of sulfone groups is 1. The molecule has 0 bridgehead atoms. The van der Waals surface area contributed by atoms with E-state index in [-0.39, 0.29) is 5.25 Å². The van der Waals surface area contributed by atoms with Gasteiger partial charge in [-0.15, -0.1) is 0 Å². The maximum absolute atomic E-state index is 11.5. The summed E-state index contributed by atoms with van der Waals surface area (Å²) >= 11 is 0. The van der Waals surface area contributed by atoms with Crippen LogP contribution >= 0.6 is 0 Å². The first-order valence-corrected chi connectivity index (χ1v) is 8.24. The summed E-state index contributed by atoms with van der Waals surface area (Å²) < 4.78 is 22.9. The van der Waals surface area contributed by atoms with Crippen LogP contribution in [0.4, 0.5) is 0 Å². The summed E-state index contributed by atoms with van der Waals surface area (Å²) in [6, 6.07) is 10.5. The lowest BCUT2D eigenvalue weighted by Gasteiger charge is -2.27. The van der Waals surface area contributed by atoms with Crippen molar-refractivity contribution in [2.24, 2.45) is 5.92 Å². The van der Waals surface area contributed by atoms with Gasteiger partial charge in [0.1, 0.15) is 9.84 Å². The predicted molar refractivity (Wildman–Crippen MR) is 70.7 cm³/mol. The van der Waals surface area contributed by atoms with Crippen LogP contribution in [0.5, 0.6) is 0 Å². The molecule has 0 atom stereocenters. The van der Waals surface area contributed by atoms with E-state index in [1.54, 1.807) is 0 Å². The van der Waals surface area contributed by atoms with Gasteiger partial charge in [0.05, 0.1) is 5.25 Å². The van der Waals surface area contributed by atoms with Crippen LogP contribution < -0.4 is 0 Å². The van der Waals surface area contributed by atoms with Gasteiger partial charge in [-0.25, -0.2) is 8.42 Å². The van der Waals surface area contributed by atoms with E-state index in [0.29, 0.717) is 5.92 Å². The zero-order valence-electron chi connectivity index (χ0n) is 10.3.